The Hall–Kier alpha value is -1.04. The second-order valence-corrected chi connectivity index (χ2v) is 6.07. The van der Waals surface area contributed by atoms with Gasteiger partial charge in [-0.05, 0) is 12.8 Å². The van der Waals surface area contributed by atoms with Gasteiger partial charge in [0.1, 0.15) is 0 Å². The van der Waals surface area contributed by atoms with Gasteiger partial charge in [0.05, 0.1) is 11.2 Å². The van der Waals surface area contributed by atoms with Crippen LogP contribution in [0.15, 0.2) is 0 Å². The standard InChI is InChI=1S/C13H21NO4S/c1-4-9(5-2)14-11(15)6-10(12(14)16)19-7-8(3)13(17)18/h8-10H,4-7H2,1-3H3,(H,17,18). The Kier molecular flexibility index (Phi) is 5.85. The Morgan fingerprint density at radius 3 is 2.47 bits per heavy atom. The summed E-state index contributed by atoms with van der Waals surface area (Å²) in [5.41, 5.74) is 0. The van der Waals surface area contributed by atoms with Crippen LogP contribution >= 0.6 is 11.8 Å². The molecule has 1 aliphatic rings. The van der Waals surface area contributed by atoms with Crippen molar-refractivity contribution in [3.8, 4) is 0 Å². The van der Waals surface area contributed by atoms with Crippen molar-refractivity contribution >= 4 is 29.5 Å². The highest BCUT2D eigenvalue weighted by molar-refractivity contribution is 8.00. The molecule has 1 fully saturated rings. The highest BCUT2D eigenvalue weighted by atomic mass is 32.2. The fourth-order valence-corrected chi connectivity index (χ4v) is 3.30. The predicted molar refractivity (Wildman–Crippen MR) is 73.9 cm³/mol. The molecule has 0 bridgehead atoms. The number of hydrogen-bond acceptors (Lipinski definition) is 4. The highest BCUT2D eigenvalue weighted by Crippen LogP contribution is 2.29. The minimum Gasteiger partial charge on any atom is -0.481 e. The van der Waals surface area contributed by atoms with E-state index in [1.54, 1.807) is 6.92 Å². The van der Waals surface area contributed by atoms with Gasteiger partial charge in [-0.2, -0.15) is 0 Å². The summed E-state index contributed by atoms with van der Waals surface area (Å²) in [4.78, 5) is 36.2. The SMILES string of the molecule is CCC(CC)N1C(=O)CC(SCC(C)C(=O)O)C1=O. The molecule has 0 aliphatic carbocycles. The third-order valence-electron chi connectivity index (χ3n) is 3.42. The van der Waals surface area contributed by atoms with E-state index in [1.165, 1.54) is 16.7 Å². The minimum absolute atomic E-state index is 0.0255. The molecule has 0 spiro atoms. The van der Waals surface area contributed by atoms with Crippen LogP contribution < -0.4 is 0 Å². The number of carboxylic acids is 1. The van der Waals surface area contributed by atoms with Gasteiger partial charge in [-0.1, -0.05) is 20.8 Å². The molecule has 2 unspecified atom stereocenters. The molecular formula is C13H21NO4S. The Balaban J connectivity index is 2.63. The van der Waals surface area contributed by atoms with Gasteiger partial charge < -0.3 is 5.11 Å². The predicted octanol–water partition coefficient (Wildman–Crippen LogP) is 1.76. The van der Waals surface area contributed by atoms with Crippen LogP contribution in [0.4, 0.5) is 0 Å². The lowest BCUT2D eigenvalue weighted by molar-refractivity contribution is -0.142. The molecule has 1 aliphatic heterocycles. The maximum absolute atomic E-state index is 12.2. The molecule has 0 radical (unpaired) electrons. The summed E-state index contributed by atoms with van der Waals surface area (Å²) in [7, 11) is 0. The molecule has 2 atom stereocenters. The van der Waals surface area contributed by atoms with E-state index < -0.39 is 17.1 Å². The smallest absolute Gasteiger partial charge is 0.307 e. The van der Waals surface area contributed by atoms with E-state index in [4.69, 9.17) is 5.11 Å². The van der Waals surface area contributed by atoms with Crippen LogP contribution in [0.5, 0.6) is 0 Å². The van der Waals surface area contributed by atoms with Crippen molar-refractivity contribution in [3.05, 3.63) is 0 Å². The first-order chi connectivity index (χ1) is 8.92. The number of amides is 2. The Morgan fingerprint density at radius 2 is 2.00 bits per heavy atom. The molecule has 0 aromatic carbocycles. The van der Waals surface area contributed by atoms with E-state index in [2.05, 4.69) is 0 Å². The first kappa shape index (κ1) is 16.0. The van der Waals surface area contributed by atoms with Gasteiger partial charge in [0, 0.05) is 18.2 Å². The van der Waals surface area contributed by atoms with E-state index in [9.17, 15) is 14.4 Å². The van der Waals surface area contributed by atoms with Gasteiger partial charge in [-0.25, -0.2) is 0 Å². The maximum atomic E-state index is 12.2. The zero-order valence-electron chi connectivity index (χ0n) is 11.6. The molecule has 1 N–H and O–H groups in total. The van der Waals surface area contributed by atoms with Crippen LogP contribution in [0.1, 0.15) is 40.0 Å². The normalized spacial score (nSPS) is 21.3. The zero-order chi connectivity index (χ0) is 14.6. The lowest BCUT2D eigenvalue weighted by Gasteiger charge is -2.24. The molecule has 1 rings (SSSR count). The van der Waals surface area contributed by atoms with Gasteiger partial charge in [-0.15, -0.1) is 11.8 Å². The number of likely N-dealkylation sites (tertiary alicyclic amines) is 1. The largest absolute Gasteiger partial charge is 0.481 e. The fourth-order valence-electron chi connectivity index (χ4n) is 2.12. The lowest BCUT2D eigenvalue weighted by atomic mass is 10.1. The molecule has 2 amide bonds. The van der Waals surface area contributed by atoms with Crippen LogP contribution in [0, 0.1) is 5.92 Å². The lowest BCUT2D eigenvalue weighted by Crippen LogP contribution is -2.40. The van der Waals surface area contributed by atoms with E-state index in [0.717, 1.165) is 12.8 Å². The summed E-state index contributed by atoms with van der Waals surface area (Å²) < 4.78 is 0. The highest BCUT2D eigenvalue weighted by Gasteiger charge is 2.41. The fraction of sp³-hybridized carbons (Fsp3) is 0.769. The van der Waals surface area contributed by atoms with Crippen LogP contribution in [0.25, 0.3) is 0 Å². The van der Waals surface area contributed by atoms with Gasteiger partial charge in [0.25, 0.3) is 0 Å². The average molecular weight is 287 g/mol. The summed E-state index contributed by atoms with van der Waals surface area (Å²) in [5, 5.41) is 8.41. The second-order valence-electron chi connectivity index (χ2n) is 4.84. The molecule has 0 saturated carbocycles. The van der Waals surface area contributed by atoms with Crippen LogP contribution in [-0.2, 0) is 14.4 Å². The monoisotopic (exact) mass is 287 g/mol. The van der Waals surface area contributed by atoms with E-state index in [-0.39, 0.29) is 24.3 Å². The van der Waals surface area contributed by atoms with Gasteiger partial charge in [0.2, 0.25) is 11.8 Å². The maximum Gasteiger partial charge on any atom is 0.307 e. The van der Waals surface area contributed by atoms with Crippen LogP contribution in [-0.4, -0.2) is 44.8 Å². The van der Waals surface area contributed by atoms with Crippen molar-refractivity contribution in [1.29, 1.82) is 0 Å². The average Bonchev–Trinajstić information content (AvgIpc) is 2.65. The number of nitrogens with zero attached hydrogens (tertiary/aromatic N) is 1. The van der Waals surface area contributed by atoms with Crippen molar-refractivity contribution in [1.82, 2.24) is 4.90 Å². The number of imide groups is 1. The van der Waals surface area contributed by atoms with Gasteiger partial charge in [0.15, 0.2) is 0 Å². The number of carbonyl (C=O) groups is 3. The molecule has 6 heteroatoms. The first-order valence-corrected chi connectivity index (χ1v) is 7.67. The Bertz CT molecular complexity index is 368. The Morgan fingerprint density at radius 1 is 1.42 bits per heavy atom. The zero-order valence-corrected chi connectivity index (χ0v) is 12.4. The minimum atomic E-state index is -0.874. The first-order valence-electron chi connectivity index (χ1n) is 6.62. The van der Waals surface area contributed by atoms with E-state index in [0.29, 0.717) is 5.75 Å². The molecule has 19 heavy (non-hydrogen) atoms. The molecule has 0 aromatic rings. The van der Waals surface area contributed by atoms with Crippen molar-refractivity contribution in [2.75, 3.05) is 5.75 Å². The topological polar surface area (TPSA) is 74.7 Å². The summed E-state index contributed by atoms with van der Waals surface area (Å²) >= 11 is 1.28. The van der Waals surface area contributed by atoms with Gasteiger partial charge >= 0.3 is 5.97 Å². The van der Waals surface area contributed by atoms with Crippen molar-refractivity contribution in [2.24, 2.45) is 5.92 Å². The number of rotatable bonds is 7. The molecule has 1 saturated heterocycles. The number of carbonyl (C=O) groups excluding carboxylic acids is 2. The van der Waals surface area contributed by atoms with Crippen molar-refractivity contribution in [2.45, 2.75) is 51.3 Å². The number of hydrogen-bond donors (Lipinski definition) is 1. The van der Waals surface area contributed by atoms with Crippen LogP contribution in [0.2, 0.25) is 0 Å². The van der Waals surface area contributed by atoms with Crippen LogP contribution in [0.3, 0.4) is 0 Å². The third-order valence-corrected chi connectivity index (χ3v) is 4.88. The van der Waals surface area contributed by atoms with E-state index >= 15 is 0 Å². The summed E-state index contributed by atoms with van der Waals surface area (Å²) in [6.45, 7) is 5.53. The third kappa shape index (κ3) is 3.72. The molecule has 0 aromatic heterocycles. The summed E-state index contributed by atoms with van der Waals surface area (Å²) in [5.74, 6) is -1.30. The molecule has 5 nitrogen and oxygen atoms in total. The van der Waals surface area contributed by atoms with E-state index in [1.807, 2.05) is 13.8 Å². The quantitative estimate of drug-likeness (QED) is 0.722. The van der Waals surface area contributed by atoms with Gasteiger partial charge in [-0.3, -0.25) is 19.3 Å². The summed E-state index contributed by atoms with van der Waals surface area (Å²) in [6, 6.07) is -0.0255. The second kappa shape index (κ2) is 6.93. The van der Waals surface area contributed by atoms with Crippen molar-refractivity contribution < 1.29 is 19.5 Å². The number of thioether (sulfide) groups is 1. The molecular weight excluding hydrogens is 266 g/mol. The number of aliphatic carboxylic acids is 1. The Labute approximate surface area is 117 Å². The van der Waals surface area contributed by atoms with Crippen molar-refractivity contribution in [3.63, 3.8) is 0 Å². The molecule has 1 heterocycles. The number of carboxylic acid groups (broad SMARTS) is 1. The molecule has 108 valence electrons. The summed E-state index contributed by atoms with van der Waals surface area (Å²) in [6.07, 6.45) is 1.72.